The molecule has 1 saturated heterocycles. The first-order chi connectivity index (χ1) is 5.90. The molecular formula is C11H21NO. The number of nitrogens with zero attached hydrogens (tertiary/aromatic N) is 1. The third-order valence-electron chi connectivity index (χ3n) is 2.78. The third-order valence-corrected chi connectivity index (χ3v) is 2.78. The molecule has 1 aliphatic heterocycles. The second kappa shape index (κ2) is 3.79. The standard InChI is InChI=1S/C11H21NO/c1-11(2,3)7-5-9-10(13)6-8-12(9)4/h9H,5-8H2,1-4H3. The van der Waals surface area contributed by atoms with Gasteiger partial charge >= 0.3 is 0 Å². The minimum absolute atomic E-state index is 0.208. The van der Waals surface area contributed by atoms with Gasteiger partial charge in [-0.05, 0) is 25.3 Å². The van der Waals surface area contributed by atoms with Gasteiger partial charge in [-0.1, -0.05) is 20.8 Å². The van der Waals surface area contributed by atoms with Crippen molar-refractivity contribution in [3.63, 3.8) is 0 Å². The second-order valence-electron chi connectivity index (χ2n) is 5.31. The number of Topliss-reactive ketones (excluding diaryl/α,β-unsaturated/α-hetero) is 1. The quantitative estimate of drug-likeness (QED) is 0.653. The monoisotopic (exact) mass is 183 g/mol. The van der Waals surface area contributed by atoms with E-state index in [0.717, 1.165) is 25.8 Å². The first kappa shape index (κ1) is 10.7. The van der Waals surface area contributed by atoms with Crippen molar-refractivity contribution in [1.29, 1.82) is 0 Å². The maximum atomic E-state index is 11.5. The van der Waals surface area contributed by atoms with E-state index in [4.69, 9.17) is 0 Å². The molecule has 0 bridgehead atoms. The third kappa shape index (κ3) is 3.11. The van der Waals surface area contributed by atoms with Crippen molar-refractivity contribution in [2.45, 2.75) is 46.1 Å². The molecule has 0 aromatic carbocycles. The number of rotatable bonds is 2. The summed E-state index contributed by atoms with van der Waals surface area (Å²) in [5.41, 5.74) is 0.351. The summed E-state index contributed by atoms with van der Waals surface area (Å²) in [7, 11) is 2.05. The molecule has 1 rings (SSSR count). The molecule has 0 aromatic heterocycles. The van der Waals surface area contributed by atoms with Gasteiger partial charge in [-0.25, -0.2) is 0 Å². The van der Waals surface area contributed by atoms with Gasteiger partial charge in [0.25, 0.3) is 0 Å². The molecular weight excluding hydrogens is 162 g/mol. The summed E-state index contributed by atoms with van der Waals surface area (Å²) in [4.78, 5) is 13.6. The van der Waals surface area contributed by atoms with Gasteiger partial charge in [0.05, 0.1) is 6.04 Å². The topological polar surface area (TPSA) is 20.3 Å². The molecule has 2 heteroatoms. The van der Waals surface area contributed by atoms with Crippen LogP contribution in [0.2, 0.25) is 0 Å². The lowest BCUT2D eigenvalue weighted by atomic mass is 9.88. The Kier molecular flexibility index (Phi) is 3.12. The van der Waals surface area contributed by atoms with Gasteiger partial charge in [0.2, 0.25) is 0 Å². The molecule has 0 aliphatic carbocycles. The molecule has 0 aromatic rings. The summed E-state index contributed by atoms with van der Waals surface area (Å²) in [6.07, 6.45) is 2.91. The molecule has 2 nitrogen and oxygen atoms in total. The molecule has 13 heavy (non-hydrogen) atoms. The molecule has 1 fully saturated rings. The van der Waals surface area contributed by atoms with Gasteiger partial charge in [-0.3, -0.25) is 9.69 Å². The van der Waals surface area contributed by atoms with Crippen LogP contribution in [0.5, 0.6) is 0 Å². The summed E-state index contributed by atoms with van der Waals surface area (Å²) in [5.74, 6) is 0.437. The van der Waals surface area contributed by atoms with E-state index in [9.17, 15) is 4.79 Å². The Bertz CT molecular complexity index is 193. The zero-order valence-electron chi connectivity index (χ0n) is 9.26. The highest BCUT2D eigenvalue weighted by atomic mass is 16.1. The molecule has 1 atom stereocenters. The fourth-order valence-corrected chi connectivity index (χ4v) is 1.81. The van der Waals surface area contributed by atoms with Crippen LogP contribution in [-0.4, -0.2) is 30.3 Å². The molecule has 76 valence electrons. The number of likely N-dealkylation sites (N-methyl/N-ethyl adjacent to an activating group) is 1. The first-order valence-electron chi connectivity index (χ1n) is 5.13. The maximum absolute atomic E-state index is 11.5. The van der Waals surface area contributed by atoms with Gasteiger partial charge in [0.15, 0.2) is 5.78 Å². The average Bonchev–Trinajstić information content (AvgIpc) is 2.27. The van der Waals surface area contributed by atoms with Gasteiger partial charge in [0, 0.05) is 13.0 Å². The van der Waals surface area contributed by atoms with Crippen LogP contribution in [-0.2, 0) is 4.79 Å². The Morgan fingerprint density at radius 3 is 2.46 bits per heavy atom. The Labute approximate surface area is 81.3 Å². The Morgan fingerprint density at radius 1 is 1.46 bits per heavy atom. The zero-order valence-corrected chi connectivity index (χ0v) is 9.26. The molecule has 0 spiro atoms. The molecule has 0 radical (unpaired) electrons. The lowest BCUT2D eigenvalue weighted by molar-refractivity contribution is -0.120. The fraction of sp³-hybridized carbons (Fsp3) is 0.909. The lowest BCUT2D eigenvalue weighted by Crippen LogP contribution is -2.30. The highest BCUT2D eigenvalue weighted by molar-refractivity contribution is 5.86. The number of likely N-dealkylation sites (tertiary alicyclic amines) is 1. The van der Waals surface area contributed by atoms with Gasteiger partial charge in [-0.15, -0.1) is 0 Å². The van der Waals surface area contributed by atoms with Crippen LogP contribution >= 0.6 is 0 Å². The second-order valence-corrected chi connectivity index (χ2v) is 5.31. The van der Waals surface area contributed by atoms with E-state index in [0.29, 0.717) is 11.2 Å². The van der Waals surface area contributed by atoms with Crippen LogP contribution in [0, 0.1) is 5.41 Å². The Morgan fingerprint density at radius 2 is 2.08 bits per heavy atom. The van der Waals surface area contributed by atoms with E-state index >= 15 is 0 Å². The van der Waals surface area contributed by atoms with E-state index in [-0.39, 0.29) is 6.04 Å². The molecule has 1 heterocycles. The highest BCUT2D eigenvalue weighted by Gasteiger charge is 2.29. The number of carbonyl (C=O) groups excluding carboxylic acids is 1. The zero-order chi connectivity index (χ0) is 10.1. The van der Waals surface area contributed by atoms with E-state index in [1.54, 1.807) is 0 Å². The van der Waals surface area contributed by atoms with Crippen molar-refractivity contribution in [3.05, 3.63) is 0 Å². The van der Waals surface area contributed by atoms with E-state index < -0.39 is 0 Å². The maximum Gasteiger partial charge on any atom is 0.151 e. The molecule has 0 N–H and O–H groups in total. The van der Waals surface area contributed by atoms with Crippen LogP contribution in [0.25, 0.3) is 0 Å². The van der Waals surface area contributed by atoms with Crippen LogP contribution in [0.3, 0.4) is 0 Å². The van der Waals surface area contributed by atoms with Crippen molar-refractivity contribution in [2.75, 3.05) is 13.6 Å². The van der Waals surface area contributed by atoms with E-state index in [2.05, 4.69) is 32.7 Å². The number of hydrogen-bond acceptors (Lipinski definition) is 2. The number of hydrogen-bond donors (Lipinski definition) is 0. The molecule has 1 unspecified atom stereocenters. The lowest BCUT2D eigenvalue weighted by Gasteiger charge is -2.23. The number of ketones is 1. The fourth-order valence-electron chi connectivity index (χ4n) is 1.81. The first-order valence-corrected chi connectivity index (χ1v) is 5.13. The molecule has 0 saturated carbocycles. The van der Waals surface area contributed by atoms with E-state index in [1.165, 1.54) is 0 Å². The Balaban J connectivity index is 2.40. The SMILES string of the molecule is CN1CCC(=O)C1CCC(C)(C)C. The normalized spacial score (nSPS) is 25.5. The van der Waals surface area contributed by atoms with Gasteiger partial charge in [-0.2, -0.15) is 0 Å². The largest absolute Gasteiger partial charge is 0.298 e. The molecule has 1 aliphatic rings. The van der Waals surface area contributed by atoms with Crippen LogP contribution < -0.4 is 0 Å². The summed E-state index contributed by atoms with van der Waals surface area (Å²) in [5, 5.41) is 0. The Hall–Kier alpha value is -0.370. The van der Waals surface area contributed by atoms with Crippen molar-refractivity contribution in [3.8, 4) is 0 Å². The summed E-state index contributed by atoms with van der Waals surface area (Å²) in [6, 6.07) is 0.208. The van der Waals surface area contributed by atoms with Crippen LogP contribution in [0.1, 0.15) is 40.0 Å². The van der Waals surface area contributed by atoms with Crippen molar-refractivity contribution >= 4 is 5.78 Å². The highest BCUT2D eigenvalue weighted by Crippen LogP contribution is 2.25. The molecule has 0 amide bonds. The van der Waals surface area contributed by atoms with Crippen molar-refractivity contribution < 1.29 is 4.79 Å². The van der Waals surface area contributed by atoms with Crippen LogP contribution in [0.4, 0.5) is 0 Å². The van der Waals surface area contributed by atoms with Crippen molar-refractivity contribution in [2.24, 2.45) is 5.41 Å². The van der Waals surface area contributed by atoms with Crippen molar-refractivity contribution in [1.82, 2.24) is 4.90 Å². The summed E-state index contributed by atoms with van der Waals surface area (Å²) >= 11 is 0. The minimum atomic E-state index is 0.208. The smallest absolute Gasteiger partial charge is 0.151 e. The van der Waals surface area contributed by atoms with E-state index in [1.807, 2.05) is 0 Å². The van der Waals surface area contributed by atoms with Gasteiger partial charge in [0.1, 0.15) is 0 Å². The van der Waals surface area contributed by atoms with Gasteiger partial charge < -0.3 is 0 Å². The number of carbonyl (C=O) groups is 1. The predicted molar refractivity (Wildman–Crippen MR) is 54.7 cm³/mol. The minimum Gasteiger partial charge on any atom is -0.298 e. The van der Waals surface area contributed by atoms with Crippen LogP contribution in [0.15, 0.2) is 0 Å². The summed E-state index contributed by atoms with van der Waals surface area (Å²) < 4.78 is 0. The average molecular weight is 183 g/mol. The predicted octanol–water partition coefficient (Wildman–Crippen LogP) is 2.09. The summed E-state index contributed by atoms with van der Waals surface area (Å²) in [6.45, 7) is 7.64.